The van der Waals surface area contributed by atoms with Gasteiger partial charge in [0.15, 0.2) is 0 Å². The smallest absolute Gasteiger partial charge is 0.106 e. The van der Waals surface area contributed by atoms with Gasteiger partial charge in [-0.3, -0.25) is 0 Å². The predicted molar refractivity (Wildman–Crippen MR) is 84.2 cm³/mol. The molecular formula is C13H19BrN2OS. The molecular weight excluding hydrogens is 312 g/mol. The highest BCUT2D eigenvalue weighted by atomic mass is 79.9. The van der Waals surface area contributed by atoms with Crippen molar-refractivity contribution in [2.75, 3.05) is 18.1 Å². The summed E-state index contributed by atoms with van der Waals surface area (Å²) in [6, 6.07) is 6.20. The summed E-state index contributed by atoms with van der Waals surface area (Å²) in [5, 5.41) is 8.99. The molecule has 5 heteroatoms. The second-order valence-electron chi connectivity index (χ2n) is 4.39. The number of thiocarbonyl (C=S) groups is 1. The molecule has 0 unspecified atom stereocenters. The van der Waals surface area contributed by atoms with Gasteiger partial charge in [0.1, 0.15) is 4.99 Å². The van der Waals surface area contributed by atoms with Crippen molar-refractivity contribution in [3.8, 4) is 0 Å². The van der Waals surface area contributed by atoms with Crippen molar-refractivity contribution in [3.63, 3.8) is 0 Å². The number of aliphatic hydroxyl groups is 1. The number of hydrogen-bond donors (Lipinski definition) is 2. The van der Waals surface area contributed by atoms with E-state index in [1.54, 1.807) is 0 Å². The SMILES string of the molecule is CC(C)N(CCCO)c1cc(Br)ccc1C(N)=S. The molecule has 3 nitrogen and oxygen atoms in total. The van der Waals surface area contributed by atoms with Crippen molar-refractivity contribution in [2.45, 2.75) is 26.3 Å². The van der Waals surface area contributed by atoms with E-state index in [1.165, 1.54) is 0 Å². The molecule has 3 N–H and O–H groups in total. The van der Waals surface area contributed by atoms with Crippen molar-refractivity contribution in [1.29, 1.82) is 0 Å². The Hall–Kier alpha value is -0.650. The lowest BCUT2D eigenvalue weighted by atomic mass is 10.1. The predicted octanol–water partition coefficient (Wildman–Crippen LogP) is 2.68. The first-order valence-electron chi connectivity index (χ1n) is 5.94. The largest absolute Gasteiger partial charge is 0.396 e. The molecule has 0 saturated carbocycles. The van der Waals surface area contributed by atoms with Gasteiger partial charge in [-0.15, -0.1) is 0 Å². The molecule has 1 rings (SSSR count). The number of hydrogen-bond acceptors (Lipinski definition) is 3. The number of benzene rings is 1. The van der Waals surface area contributed by atoms with Crippen LogP contribution in [-0.4, -0.2) is 29.3 Å². The molecule has 100 valence electrons. The Labute approximate surface area is 122 Å². The van der Waals surface area contributed by atoms with Crippen LogP contribution in [0.1, 0.15) is 25.8 Å². The molecule has 18 heavy (non-hydrogen) atoms. The van der Waals surface area contributed by atoms with Gasteiger partial charge in [0.25, 0.3) is 0 Å². The zero-order valence-electron chi connectivity index (χ0n) is 10.7. The van der Waals surface area contributed by atoms with Gasteiger partial charge < -0.3 is 15.7 Å². The summed E-state index contributed by atoms with van der Waals surface area (Å²) >= 11 is 8.57. The van der Waals surface area contributed by atoms with E-state index in [-0.39, 0.29) is 6.61 Å². The number of aliphatic hydroxyl groups excluding tert-OH is 1. The van der Waals surface area contributed by atoms with Crippen LogP contribution in [0, 0.1) is 0 Å². The number of anilines is 1. The second kappa shape index (κ2) is 7.07. The second-order valence-corrected chi connectivity index (χ2v) is 5.75. The topological polar surface area (TPSA) is 49.5 Å². The fourth-order valence-electron chi connectivity index (χ4n) is 1.85. The van der Waals surface area contributed by atoms with Crippen LogP contribution in [0.3, 0.4) is 0 Å². The minimum Gasteiger partial charge on any atom is -0.396 e. The summed E-state index contributed by atoms with van der Waals surface area (Å²) in [6.07, 6.45) is 0.724. The van der Waals surface area contributed by atoms with Crippen LogP contribution in [0.5, 0.6) is 0 Å². The summed E-state index contributed by atoms with van der Waals surface area (Å²) in [7, 11) is 0. The van der Waals surface area contributed by atoms with Crippen molar-refractivity contribution in [1.82, 2.24) is 0 Å². The van der Waals surface area contributed by atoms with Crippen LogP contribution in [0.2, 0.25) is 0 Å². The Morgan fingerprint density at radius 2 is 2.17 bits per heavy atom. The maximum atomic E-state index is 8.99. The molecule has 0 aliphatic rings. The average molecular weight is 331 g/mol. The highest BCUT2D eigenvalue weighted by molar-refractivity contribution is 9.10. The third-order valence-electron chi connectivity index (χ3n) is 2.72. The molecule has 0 aromatic heterocycles. The number of rotatable bonds is 6. The fraction of sp³-hybridized carbons (Fsp3) is 0.462. The lowest BCUT2D eigenvalue weighted by Crippen LogP contribution is -2.34. The molecule has 1 aromatic carbocycles. The maximum Gasteiger partial charge on any atom is 0.106 e. The fourth-order valence-corrected chi connectivity index (χ4v) is 2.37. The monoisotopic (exact) mass is 330 g/mol. The first-order chi connectivity index (χ1) is 8.47. The summed E-state index contributed by atoms with van der Waals surface area (Å²) in [6.45, 7) is 5.18. The molecule has 0 spiro atoms. The van der Waals surface area contributed by atoms with E-state index < -0.39 is 0 Å². The van der Waals surface area contributed by atoms with Crippen molar-refractivity contribution >= 4 is 38.8 Å². The van der Waals surface area contributed by atoms with Crippen LogP contribution in [0.25, 0.3) is 0 Å². The van der Waals surface area contributed by atoms with Gasteiger partial charge in [-0.05, 0) is 38.5 Å². The first kappa shape index (κ1) is 15.4. The summed E-state index contributed by atoms with van der Waals surface area (Å²) in [4.78, 5) is 2.60. The Morgan fingerprint density at radius 3 is 2.67 bits per heavy atom. The minimum atomic E-state index is 0.180. The number of halogens is 1. The van der Waals surface area contributed by atoms with Crippen molar-refractivity contribution in [3.05, 3.63) is 28.2 Å². The van der Waals surface area contributed by atoms with E-state index in [0.29, 0.717) is 11.0 Å². The highest BCUT2D eigenvalue weighted by Crippen LogP contribution is 2.27. The Kier molecular flexibility index (Phi) is 6.05. The lowest BCUT2D eigenvalue weighted by Gasteiger charge is -2.31. The van der Waals surface area contributed by atoms with E-state index >= 15 is 0 Å². The van der Waals surface area contributed by atoms with Crippen LogP contribution < -0.4 is 10.6 Å². The Balaban J connectivity index is 3.16. The van der Waals surface area contributed by atoms with Gasteiger partial charge in [-0.1, -0.05) is 28.1 Å². The highest BCUT2D eigenvalue weighted by Gasteiger charge is 2.15. The normalized spacial score (nSPS) is 10.7. The minimum absolute atomic E-state index is 0.180. The van der Waals surface area contributed by atoms with Crippen LogP contribution in [-0.2, 0) is 0 Å². The van der Waals surface area contributed by atoms with Crippen LogP contribution >= 0.6 is 28.1 Å². The molecule has 1 aromatic rings. The lowest BCUT2D eigenvalue weighted by molar-refractivity contribution is 0.288. The summed E-state index contributed by atoms with van der Waals surface area (Å²) < 4.78 is 0.993. The molecule has 0 heterocycles. The number of nitrogens with two attached hydrogens (primary N) is 1. The van der Waals surface area contributed by atoms with Crippen molar-refractivity contribution < 1.29 is 5.11 Å². The van der Waals surface area contributed by atoms with E-state index in [1.807, 2.05) is 18.2 Å². The van der Waals surface area contributed by atoms with E-state index in [2.05, 4.69) is 34.7 Å². The summed E-state index contributed by atoms with van der Waals surface area (Å²) in [5.74, 6) is 0. The molecule has 0 aliphatic carbocycles. The third kappa shape index (κ3) is 3.93. The van der Waals surface area contributed by atoms with Crippen LogP contribution in [0.15, 0.2) is 22.7 Å². The molecule has 0 radical (unpaired) electrons. The summed E-state index contributed by atoms with van der Waals surface area (Å²) in [5.41, 5.74) is 7.66. The zero-order valence-corrected chi connectivity index (χ0v) is 13.1. The van der Waals surface area contributed by atoms with Gasteiger partial charge in [0.05, 0.1) is 0 Å². The quantitative estimate of drug-likeness (QED) is 0.787. The van der Waals surface area contributed by atoms with Crippen molar-refractivity contribution in [2.24, 2.45) is 5.73 Å². The van der Waals surface area contributed by atoms with E-state index in [0.717, 1.165) is 28.7 Å². The molecule has 0 fully saturated rings. The van der Waals surface area contributed by atoms with Gasteiger partial charge in [0.2, 0.25) is 0 Å². The molecule has 0 atom stereocenters. The molecule has 0 saturated heterocycles. The average Bonchev–Trinajstić information content (AvgIpc) is 2.28. The number of nitrogens with zero attached hydrogens (tertiary/aromatic N) is 1. The van der Waals surface area contributed by atoms with Gasteiger partial charge in [-0.25, -0.2) is 0 Å². The first-order valence-corrected chi connectivity index (χ1v) is 7.14. The maximum absolute atomic E-state index is 8.99. The standard InChI is InChI=1S/C13H19BrN2OS/c1-9(2)16(6-3-7-17)12-8-10(14)4-5-11(12)13(15)18/h4-5,8-9,17H,3,6-7H2,1-2H3,(H2,15,18). The van der Waals surface area contributed by atoms with E-state index in [9.17, 15) is 0 Å². The Morgan fingerprint density at radius 1 is 1.50 bits per heavy atom. The van der Waals surface area contributed by atoms with Gasteiger partial charge in [-0.2, -0.15) is 0 Å². The van der Waals surface area contributed by atoms with E-state index in [4.69, 9.17) is 23.1 Å². The van der Waals surface area contributed by atoms with Crippen LogP contribution in [0.4, 0.5) is 5.69 Å². The zero-order chi connectivity index (χ0) is 13.7. The third-order valence-corrected chi connectivity index (χ3v) is 3.43. The molecule has 0 aliphatic heterocycles. The molecule has 0 bridgehead atoms. The van der Waals surface area contributed by atoms with Gasteiger partial charge in [0, 0.05) is 34.9 Å². The Bertz CT molecular complexity index is 423. The molecule has 0 amide bonds. The van der Waals surface area contributed by atoms with Gasteiger partial charge >= 0.3 is 0 Å².